The van der Waals surface area contributed by atoms with Crippen molar-refractivity contribution in [3.8, 4) is 0 Å². The molecule has 1 aromatic rings. The molecule has 1 fully saturated rings. The first kappa shape index (κ1) is 22.9. The molecule has 9 heteroatoms. The number of hydrogen-bond acceptors (Lipinski definition) is 4. The molecule has 0 saturated carbocycles. The summed E-state index contributed by atoms with van der Waals surface area (Å²) in [4.78, 5) is 13.5. The van der Waals surface area contributed by atoms with Crippen molar-refractivity contribution < 1.29 is 18.3 Å². The number of amides is 1. The summed E-state index contributed by atoms with van der Waals surface area (Å²) >= 11 is 0. The van der Waals surface area contributed by atoms with Gasteiger partial charge in [-0.2, -0.15) is 0 Å². The van der Waals surface area contributed by atoms with Gasteiger partial charge in [0.25, 0.3) is 0 Å². The number of nitrogens with zero attached hydrogens (tertiary/aromatic N) is 1. The van der Waals surface area contributed by atoms with Gasteiger partial charge in [-0.25, -0.2) is 8.78 Å². The van der Waals surface area contributed by atoms with E-state index in [0.717, 1.165) is 0 Å². The molecule has 0 aliphatic carbocycles. The Hall–Kier alpha value is -1.15. The number of carbonyl (C=O) groups is 1. The molecule has 1 heterocycles. The van der Waals surface area contributed by atoms with Crippen molar-refractivity contribution in [2.24, 2.45) is 5.73 Å². The number of benzene rings is 1. The Bertz CT molecular complexity index is 513. The molecule has 5 nitrogen and oxygen atoms in total. The molecule has 2 atom stereocenters. The minimum atomic E-state index is -0.588. The van der Waals surface area contributed by atoms with Crippen molar-refractivity contribution in [2.45, 2.75) is 25.0 Å². The van der Waals surface area contributed by atoms with Gasteiger partial charge in [0.1, 0.15) is 17.3 Å². The first-order chi connectivity index (χ1) is 10.5. The highest BCUT2D eigenvalue weighted by atomic mass is 35.5. The van der Waals surface area contributed by atoms with Crippen molar-refractivity contribution in [1.82, 2.24) is 5.32 Å². The third kappa shape index (κ3) is 5.73. The molecule has 0 aromatic heterocycles. The predicted molar refractivity (Wildman–Crippen MR) is 94.1 cm³/mol. The number of ether oxygens (including phenoxy) is 1. The Labute approximate surface area is 152 Å². The van der Waals surface area contributed by atoms with Gasteiger partial charge >= 0.3 is 0 Å². The lowest BCUT2D eigenvalue weighted by Gasteiger charge is -2.20. The van der Waals surface area contributed by atoms with Crippen LogP contribution in [-0.4, -0.2) is 44.8 Å². The van der Waals surface area contributed by atoms with Crippen molar-refractivity contribution >= 4 is 36.4 Å². The summed E-state index contributed by atoms with van der Waals surface area (Å²) in [6.45, 7) is 1.14. The second-order valence-electron chi connectivity index (χ2n) is 5.37. The second-order valence-corrected chi connectivity index (χ2v) is 5.37. The minimum absolute atomic E-state index is 0. The van der Waals surface area contributed by atoms with E-state index < -0.39 is 11.6 Å². The molecule has 0 radical (unpaired) electrons. The van der Waals surface area contributed by atoms with E-state index in [1.807, 2.05) is 0 Å². The van der Waals surface area contributed by atoms with Crippen LogP contribution in [0.15, 0.2) is 18.2 Å². The highest BCUT2D eigenvalue weighted by Crippen LogP contribution is 2.26. The Kier molecular flexibility index (Phi) is 10.1. The topological polar surface area (TPSA) is 67.6 Å². The molecule has 0 bridgehead atoms. The standard InChI is InChI=1S/C15H21F2N3O2.2ClH/c1-22-11(8-18)7-14(21)19-10-5-6-20(9-10)15-12(16)3-2-4-13(15)17;;/h2-4,10-11H,5-9,18H2,1H3,(H,19,21);2*1H. The fraction of sp³-hybridized carbons (Fsp3) is 0.533. The molecule has 1 aliphatic rings. The van der Waals surface area contributed by atoms with Gasteiger partial charge < -0.3 is 20.7 Å². The summed E-state index contributed by atoms with van der Waals surface area (Å²) in [6, 6.07) is 3.66. The maximum Gasteiger partial charge on any atom is 0.222 e. The summed E-state index contributed by atoms with van der Waals surface area (Å²) in [6.07, 6.45) is 0.499. The summed E-state index contributed by atoms with van der Waals surface area (Å²) in [7, 11) is 1.50. The fourth-order valence-electron chi connectivity index (χ4n) is 2.63. The zero-order valence-corrected chi connectivity index (χ0v) is 15.0. The molecule has 1 aliphatic heterocycles. The molecule has 3 N–H and O–H groups in total. The Morgan fingerprint density at radius 2 is 2.04 bits per heavy atom. The number of para-hydroxylation sites is 1. The first-order valence-electron chi connectivity index (χ1n) is 7.26. The van der Waals surface area contributed by atoms with Crippen molar-refractivity contribution in [3.05, 3.63) is 29.8 Å². The second kappa shape index (κ2) is 10.7. The number of anilines is 1. The summed E-state index contributed by atoms with van der Waals surface area (Å²) < 4.78 is 32.6. The lowest BCUT2D eigenvalue weighted by Crippen LogP contribution is -2.40. The molecule has 2 unspecified atom stereocenters. The van der Waals surface area contributed by atoms with Crippen LogP contribution in [0.2, 0.25) is 0 Å². The lowest BCUT2D eigenvalue weighted by molar-refractivity contribution is -0.123. The van der Waals surface area contributed by atoms with Crippen molar-refractivity contribution in [3.63, 3.8) is 0 Å². The number of rotatable bonds is 6. The summed E-state index contributed by atoms with van der Waals surface area (Å²) in [5, 5.41) is 2.86. The van der Waals surface area contributed by atoms with Gasteiger partial charge in [0.05, 0.1) is 12.5 Å². The molecule has 138 valence electrons. The number of methoxy groups -OCH3 is 1. The van der Waals surface area contributed by atoms with Gasteiger partial charge in [-0.3, -0.25) is 4.79 Å². The lowest BCUT2D eigenvalue weighted by atomic mass is 10.2. The van der Waals surface area contributed by atoms with Crippen LogP contribution < -0.4 is 16.0 Å². The summed E-state index contributed by atoms with van der Waals surface area (Å²) in [5.41, 5.74) is 5.44. The van der Waals surface area contributed by atoms with Crippen molar-refractivity contribution in [2.75, 3.05) is 31.6 Å². The van der Waals surface area contributed by atoms with Crippen molar-refractivity contribution in [1.29, 1.82) is 0 Å². The maximum absolute atomic E-state index is 13.8. The highest BCUT2D eigenvalue weighted by Gasteiger charge is 2.28. The highest BCUT2D eigenvalue weighted by molar-refractivity contribution is 5.85. The number of nitrogens with one attached hydrogen (secondary N) is 1. The monoisotopic (exact) mass is 385 g/mol. The molecule has 0 spiro atoms. The third-order valence-corrected chi connectivity index (χ3v) is 3.82. The molecule has 24 heavy (non-hydrogen) atoms. The van der Waals surface area contributed by atoms with Crippen LogP contribution in [0.5, 0.6) is 0 Å². The maximum atomic E-state index is 13.8. The first-order valence-corrected chi connectivity index (χ1v) is 7.26. The van der Waals surface area contributed by atoms with Gasteiger partial charge in [-0.1, -0.05) is 6.07 Å². The zero-order valence-electron chi connectivity index (χ0n) is 13.3. The number of hydrogen-bond donors (Lipinski definition) is 2. The SMILES string of the molecule is COC(CN)CC(=O)NC1CCN(c2c(F)cccc2F)C1.Cl.Cl. The van der Waals surface area contributed by atoms with Gasteiger partial charge in [-0.15, -0.1) is 24.8 Å². The minimum Gasteiger partial charge on any atom is -0.380 e. The van der Waals surface area contributed by atoms with E-state index in [1.54, 1.807) is 4.90 Å². The Balaban J connectivity index is 0.00000264. The van der Waals surface area contributed by atoms with E-state index in [4.69, 9.17) is 10.5 Å². The van der Waals surface area contributed by atoms with Crippen LogP contribution in [0.1, 0.15) is 12.8 Å². The van der Waals surface area contributed by atoms with Gasteiger partial charge in [0.2, 0.25) is 5.91 Å². The summed E-state index contributed by atoms with van der Waals surface area (Å²) in [5.74, 6) is -1.35. The van der Waals surface area contributed by atoms with E-state index in [2.05, 4.69) is 5.32 Å². The average Bonchev–Trinajstić information content (AvgIpc) is 2.92. The predicted octanol–water partition coefficient (Wildman–Crippen LogP) is 1.87. The van der Waals surface area contributed by atoms with E-state index in [0.29, 0.717) is 19.5 Å². The Morgan fingerprint density at radius 3 is 2.58 bits per heavy atom. The number of halogens is 4. The van der Waals surface area contributed by atoms with Gasteiger partial charge in [0, 0.05) is 32.8 Å². The third-order valence-electron chi connectivity index (χ3n) is 3.82. The average molecular weight is 386 g/mol. The molecule has 2 rings (SSSR count). The van der Waals surface area contributed by atoms with Crippen LogP contribution in [0.3, 0.4) is 0 Å². The molecular weight excluding hydrogens is 363 g/mol. The zero-order chi connectivity index (χ0) is 16.1. The van der Waals surface area contributed by atoms with E-state index in [9.17, 15) is 13.6 Å². The van der Waals surface area contributed by atoms with Crippen LogP contribution in [-0.2, 0) is 9.53 Å². The van der Waals surface area contributed by atoms with E-state index >= 15 is 0 Å². The molecule has 1 aromatic carbocycles. The van der Waals surface area contributed by atoms with Gasteiger partial charge in [-0.05, 0) is 18.6 Å². The van der Waals surface area contributed by atoms with Crippen LogP contribution in [0.25, 0.3) is 0 Å². The van der Waals surface area contributed by atoms with Gasteiger partial charge in [0.15, 0.2) is 0 Å². The van der Waals surface area contributed by atoms with Crippen LogP contribution >= 0.6 is 24.8 Å². The fourth-order valence-corrected chi connectivity index (χ4v) is 2.63. The normalized spacial score (nSPS) is 17.7. The van der Waals surface area contributed by atoms with Crippen LogP contribution in [0.4, 0.5) is 14.5 Å². The number of carbonyl (C=O) groups excluding carboxylic acids is 1. The quantitative estimate of drug-likeness (QED) is 0.784. The Morgan fingerprint density at radius 1 is 1.42 bits per heavy atom. The molecular formula is C15H23Cl2F2N3O2. The van der Waals surface area contributed by atoms with E-state index in [1.165, 1.54) is 25.3 Å². The number of nitrogens with two attached hydrogens (primary N) is 1. The largest absolute Gasteiger partial charge is 0.380 e. The molecule has 1 amide bonds. The van der Waals surface area contributed by atoms with Crippen LogP contribution in [0, 0.1) is 11.6 Å². The molecule has 1 saturated heterocycles. The van der Waals surface area contributed by atoms with E-state index in [-0.39, 0.29) is 61.5 Å². The smallest absolute Gasteiger partial charge is 0.222 e.